The number of rotatable bonds is 7. The van der Waals surface area contributed by atoms with Crippen LogP contribution in [-0.4, -0.2) is 32.5 Å². The Morgan fingerprint density at radius 1 is 1.31 bits per heavy atom. The predicted molar refractivity (Wildman–Crippen MR) is 68.4 cm³/mol. The molecule has 3 nitrogen and oxygen atoms in total. The minimum atomic E-state index is -2.82. The molecule has 0 aromatic heterocycles. The quantitative estimate of drug-likeness (QED) is 0.748. The fourth-order valence-electron chi connectivity index (χ4n) is 2.43. The Hall–Kier alpha value is -0.0900. The molecule has 0 spiro atoms. The van der Waals surface area contributed by atoms with Gasteiger partial charge in [0.1, 0.15) is 0 Å². The number of hydrogen-bond donors (Lipinski definition) is 1. The van der Waals surface area contributed by atoms with Gasteiger partial charge in [0.25, 0.3) is 0 Å². The summed E-state index contributed by atoms with van der Waals surface area (Å²) < 4.78 is 23.7. The van der Waals surface area contributed by atoms with E-state index in [1.54, 1.807) is 0 Å². The van der Waals surface area contributed by atoms with Gasteiger partial charge in [0.2, 0.25) is 0 Å². The van der Waals surface area contributed by atoms with Crippen molar-refractivity contribution in [3.05, 3.63) is 0 Å². The first-order valence-electron chi connectivity index (χ1n) is 6.47. The minimum absolute atomic E-state index is 0.309. The highest BCUT2D eigenvalue weighted by molar-refractivity contribution is 7.91. The van der Waals surface area contributed by atoms with E-state index in [1.165, 1.54) is 12.8 Å². The number of sulfone groups is 1. The van der Waals surface area contributed by atoms with Crippen LogP contribution in [0.4, 0.5) is 0 Å². The largest absolute Gasteiger partial charge is 0.314 e. The van der Waals surface area contributed by atoms with Gasteiger partial charge in [-0.3, -0.25) is 0 Å². The van der Waals surface area contributed by atoms with Gasteiger partial charge in [0.05, 0.1) is 11.5 Å². The van der Waals surface area contributed by atoms with Crippen LogP contribution in [0.15, 0.2) is 0 Å². The Morgan fingerprint density at radius 2 is 1.94 bits per heavy atom. The molecule has 0 aromatic rings. The Labute approximate surface area is 99.9 Å². The molecule has 1 saturated carbocycles. The van der Waals surface area contributed by atoms with Crippen molar-refractivity contribution < 1.29 is 8.42 Å². The first kappa shape index (κ1) is 14.0. The fraction of sp³-hybridized carbons (Fsp3) is 1.00. The Kier molecular flexibility index (Phi) is 5.76. The molecular weight excluding hydrogens is 222 g/mol. The van der Waals surface area contributed by atoms with Crippen LogP contribution >= 0.6 is 0 Å². The van der Waals surface area contributed by atoms with Gasteiger partial charge in [0, 0.05) is 6.04 Å². The molecule has 0 bridgehead atoms. The van der Waals surface area contributed by atoms with Crippen molar-refractivity contribution in [3.63, 3.8) is 0 Å². The van der Waals surface area contributed by atoms with E-state index < -0.39 is 9.84 Å². The average Bonchev–Trinajstić information content (AvgIpc) is 2.67. The van der Waals surface area contributed by atoms with Crippen LogP contribution in [0, 0.1) is 5.92 Å². The summed E-state index contributed by atoms with van der Waals surface area (Å²) in [5.41, 5.74) is 0. The second-order valence-corrected chi connectivity index (χ2v) is 7.24. The molecule has 0 aliphatic heterocycles. The third kappa shape index (κ3) is 5.30. The topological polar surface area (TPSA) is 46.2 Å². The van der Waals surface area contributed by atoms with Gasteiger partial charge >= 0.3 is 0 Å². The molecule has 1 aliphatic rings. The normalized spacial score (nSPS) is 20.1. The van der Waals surface area contributed by atoms with Crippen molar-refractivity contribution in [2.75, 3.05) is 18.1 Å². The molecule has 1 fully saturated rings. The lowest BCUT2D eigenvalue weighted by Gasteiger charge is -2.14. The Bertz CT molecular complexity index is 281. The van der Waals surface area contributed by atoms with E-state index in [4.69, 9.17) is 0 Å². The van der Waals surface area contributed by atoms with Gasteiger partial charge < -0.3 is 5.32 Å². The molecule has 0 radical (unpaired) electrons. The van der Waals surface area contributed by atoms with Crippen LogP contribution in [0.1, 0.15) is 46.0 Å². The van der Waals surface area contributed by atoms with Crippen LogP contribution in [0.25, 0.3) is 0 Å². The van der Waals surface area contributed by atoms with Crippen molar-refractivity contribution in [3.8, 4) is 0 Å². The van der Waals surface area contributed by atoms with E-state index >= 15 is 0 Å². The second kappa shape index (κ2) is 6.60. The van der Waals surface area contributed by atoms with Crippen molar-refractivity contribution in [2.24, 2.45) is 5.92 Å². The Balaban J connectivity index is 2.27. The summed E-state index contributed by atoms with van der Waals surface area (Å²) in [6.45, 7) is 5.00. The standard InChI is InChI=1S/C12H25NO2S/c1-3-13-11(2)8-9-16(14,15)10-12-6-4-5-7-12/h11-13H,3-10H2,1-2H3. The van der Waals surface area contributed by atoms with Gasteiger partial charge in [-0.1, -0.05) is 19.8 Å². The molecular formula is C12H25NO2S. The van der Waals surface area contributed by atoms with Gasteiger partial charge in [-0.15, -0.1) is 0 Å². The molecule has 0 saturated heterocycles. The van der Waals surface area contributed by atoms with Gasteiger partial charge in [0.15, 0.2) is 9.84 Å². The van der Waals surface area contributed by atoms with Crippen molar-refractivity contribution >= 4 is 9.84 Å². The van der Waals surface area contributed by atoms with E-state index in [9.17, 15) is 8.42 Å². The van der Waals surface area contributed by atoms with Gasteiger partial charge in [-0.25, -0.2) is 8.42 Å². The molecule has 16 heavy (non-hydrogen) atoms. The molecule has 1 rings (SSSR count). The third-order valence-corrected chi connectivity index (χ3v) is 5.22. The molecule has 0 heterocycles. The lowest BCUT2D eigenvalue weighted by Crippen LogP contribution is -2.29. The van der Waals surface area contributed by atoms with E-state index in [0.717, 1.165) is 25.8 Å². The fourth-order valence-corrected chi connectivity index (χ4v) is 4.36. The maximum Gasteiger partial charge on any atom is 0.150 e. The number of nitrogens with one attached hydrogen (secondary N) is 1. The van der Waals surface area contributed by atoms with Crippen molar-refractivity contribution in [1.29, 1.82) is 0 Å². The van der Waals surface area contributed by atoms with Crippen LogP contribution in [-0.2, 0) is 9.84 Å². The highest BCUT2D eigenvalue weighted by Crippen LogP contribution is 2.26. The molecule has 4 heteroatoms. The van der Waals surface area contributed by atoms with E-state index in [2.05, 4.69) is 12.2 Å². The van der Waals surface area contributed by atoms with Crippen LogP contribution in [0.3, 0.4) is 0 Å². The smallest absolute Gasteiger partial charge is 0.150 e. The summed E-state index contributed by atoms with van der Waals surface area (Å²) in [5.74, 6) is 1.21. The summed E-state index contributed by atoms with van der Waals surface area (Å²) in [6, 6.07) is 0.309. The van der Waals surface area contributed by atoms with E-state index in [-0.39, 0.29) is 0 Å². The first-order valence-corrected chi connectivity index (χ1v) is 8.29. The maximum atomic E-state index is 11.9. The molecule has 1 unspecified atom stereocenters. The SMILES string of the molecule is CCNC(C)CCS(=O)(=O)CC1CCCC1. The Morgan fingerprint density at radius 3 is 2.50 bits per heavy atom. The van der Waals surface area contributed by atoms with Gasteiger partial charge in [-0.2, -0.15) is 0 Å². The summed E-state index contributed by atoms with van der Waals surface area (Å²) in [6.07, 6.45) is 5.40. The second-order valence-electron chi connectivity index (χ2n) is 5.01. The first-order chi connectivity index (χ1) is 7.53. The highest BCUT2D eigenvalue weighted by Gasteiger charge is 2.22. The zero-order valence-corrected chi connectivity index (χ0v) is 11.4. The summed E-state index contributed by atoms with van der Waals surface area (Å²) >= 11 is 0. The van der Waals surface area contributed by atoms with Crippen LogP contribution in [0.5, 0.6) is 0 Å². The highest BCUT2D eigenvalue weighted by atomic mass is 32.2. The van der Waals surface area contributed by atoms with Crippen LogP contribution in [0.2, 0.25) is 0 Å². The van der Waals surface area contributed by atoms with Gasteiger partial charge in [-0.05, 0) is 38.6 Å². The molecule has 1 atom stereocenters. The zero-order chi connectivity index (χ0) is 12.0. The molecule has 96 valence electrons. The summed E-state index contributed by atoms with van der Waals surface area (Å²) in [5, 5.41) is 3.25. The summed E-state index contributed by atoms with van der Waals surface area (Å²) in [7, 11) is -2.82. The summed E-state index contributed by atoms with van der Waals surface area (Å²) in [4.78, 5) is 0. The monoisotopic (exact) mass is 247 g/mol. The van der Waals surface area contributed by atoms with Crippen LogP contribution < -0.4 is 5.32 Å². The average molecular weight is 247 g/mol. The third-order valence-electron chi connectivity index (χ3n) is 3.38. The van der Waals surface area contributed by atoms with E-state index in [1.807, 2.05) is 6.92 Å². The lowest BCUT2D eigenvalue weighted by molar-refractivity contribution is 0.530. The number of hydrogen-bond acceptors (Lipinski definition) is 3. The van der Waals surface area contributed by atoms with Crippen molar-refractivity contribution in [1.82, 2.24) is 5.32 Å². The zero-order valence-electron chi connectivity index (χ0n) is 10.5. The molecule has 1 aliphatic carbocycles. The molecule has 1 N–H and O–H groups in total. The van der Waals surface area contributed by atoms with Crippen molar-refractivity contribution in [2.45, 2.75) is 52.0 Å². The molecule has 0 amide bonds. The van der Waals surface area contributed by atoms with E-state index in [0.29, 0.717) is 23.5 Å². The minimum Gasteiger partial charge on any atom is -0.314 e. The predicted octanol–water partition coefficient (Wildman–Crippen LogP) is 1.98. The molecule has 0 aromatic carbocycles. The lowest BCUT2D eigenvalue weighted by atomic mass is 10.1. The maximum absolute atomic E-state index is 11.9.